The van der Waals surface area contributed by atoms with Gasteiger partial charge >= 0.3 is 5.97 Å². The molecular weight excluding hydrogens is 646 g/mol. The van der Waals surface area contributed by atoms with Gasteiger partial charge in [-0.25, -0.2) is 0 Å². The van der Waals surface area contributed by atoms with Gasteiger partial charge in [0.2, 0.25) is 11.8 Å². The molecule has 0 unspecified atom stereocenters. The Morgan fingerprint density at radius 1 is 1.14 bits per heavy atom. The van der Waals surface area contributed by atoms with Crippen LogP contribution in [-0.2, 0) is 28.7 Å². The summed E-state index contributed by atoms with van der Waals surface area (Å²) in [5, 5.41) is 10.8. The molecule has 2 aromatic carbocycles. The number of rotatable bonds is 15. The van der Waals surface area contributed by atoms with E-state index < -0.39 is 65.6 Å². The van der Waals surface area contributed by atoms with Crippen molar-refractivity contribution in [3.8, 4) is 0 Å². The smallest absolute Gasteiger partial charge is 0.313 e. The van der Waals surface area contributed by atoms with Gasteiger partial charge in [-0.2, -0.15) is 0 Å². The summed E-state index contributed by atoms with van der Waals surface area (Å²) in [6, 6.07) is 13.8. The molecule has 3 amide bonds. The van der Waals surface area contributed by atoms with Crippen molar-refractivity contribution in [3.63, 3.8) is 0 Å². The number of likely N-dealkylation sites (tertiary alicyclic amines) is 1. The first-order valence-corrected chi connectivity index (χ1v) is 17.3. The number of carbonyl (C=O) groups excluding carboxylic acids is 4. The van der Waals surface area contributed by atoms with Crippen LogP contribution in [0.25, 0.3) is 0 Å². The van der Waals surface area contributed by atoms with Crippen LogP contribution in [0.4, 0.5) is 5.69 Å². The van der Waals surface area contributed by atoms with Crippen LogP contribution in [0.15, 0.2) is 79.9 Å². The first-order chi connectivity index (χ1) is 23.6. The van der Waals surface area contributed by atoms with E-state index in [0.717, 1.165) is 0 Å². The summed E-state index contributed by atoms with van der Waals surface area (Å²) in [6.07, 6.45) is 3.74. The number of fused-ring (bicyclic) bond motifs is 1. The van der Waals surface area contributed by atoms with Crippen LogP contribution in [0.1, 0.15) is 57.6 Å². The third-order valence-electron chi connectivity index (χ3n) is 10.4. The maximum atomic E-state index is 14.8. The molecule has 0 radical (unpaired) electrons. The molecule has 1 N–H and O–H groups in total. The molecule has 3 aliphatic heterocycles. The predicted octanol–water partition coefficient (Wildman–Crippen LogP) is 5.10. The highest BCUT2D eigenvalue weighted by atomic mass is 35.5. The van der Waals surface area contributed by atoms with Crippen LogP contribution in [0.3, 0.4) is 0 Å². The topological polar surface area (TPSA) is 117 Å². The van der Waals surface area contributed by atoms with Gasteiger partial charge < -0.3 is 29.3 Å². The van der Waals surface area contributed by atoms with Gasteiger partial charge in [0.25, 0.3) is 5.91 Å². The van der Waals surface area contributed by atoms with E-state index in [-0.39, 0.29) is 25.5 Å². The summed E-state index contributed by atoms with van der Waals surface area (Å²) in [5.74, 6) is -3.61. The highest BCUT2D eigenvalue weighted by molar-refractivity contribution is 6.34. The molecule has 3 aliphatic rings. The van der Waals surface area contributed by atoms with Crippen molar-refractivity contribution < 1.29 is 33.8 Å². The zero-order valence-electron chi connectivity index (χ0n) is 28.4. The molecule has 3 fully saturated rings. The van der Waals surface area contributed by atoms with Crippen molar-refractivity contribution in [2.45, 2.75) is 81.9 Å². The van der Waals surface area contributed by atoms with Gasteiger partial charge in [0, 0.05) is 20.0 Å². The van der Waals surface area contributed by atoms with Crippen molar-refractivity contribution in [1.82, 2.24) is 9.80 Å². The van der Waals surface area contributed by atoms with Gasteiger partial charge in [0.1, 0.15) is 17.7 Å². The van der Waals surface area contributed by atoms with Crippen LogP contribution in [0.5, 0.6) is 0 Å². The molecule has 8 atom stereocenters. The Morgan fingerprint density at radius 2 is 1.84 bits per heavy atom. The lowest BCUT2D eigenvalue weighted by Gasteiger charge is -2.39. The van der Waals surface area contributed by atoms with E-state index in [1.165, 1.54) is 9.80 Å². The number of nitrogens with zero attached hydrogens (tertiary/aromatic N) is 3. The lowest BCUT2D eigenvalue weighted by Crippen LogP contribution is -2.59. The Hall–Kier alpha value is -3.99. The fourth-order valence-corrected chi connectivity index (χ4v) is 8.06. The van der Waals surface area contributed by atoms with Gasteiger partial charge in [-0.1, -0.05) is 73.1 Å². The minimum Gasteiger partial charge on any atom is -0.455 e. The molecule has 5 rings (SSSR count). The number of esters is 1. The lowest BCUT2D eigenvalue weighted by molar-refractivity contribution is -0.165. The number of likely N-dealkylation sites (N-methyl/N-ethyl adjacent to an activating group) is 1. The zero-order chi connectivity index (χ0) is 35.5. The molecule has 0 aromatic heterocycles. The number of benzene rings is 2. The molecule has 1 spiro atoms. The summed E-state index contributed by atoms with van der Waals surface area (Å²) in [6.45, 7) is 10.9. The number of allylic oxidation sites excluding steroid dienone is 1. The zero-order valence-corrected chi connectivity index (χ0v) is 29.1. The largest absolute Gasteiger partial charge is 0.455 e. The Balaban J connectivity index is 1.52. The number of aliphatic hydroxyl groups is 1. The highest BCUT2D eigenvalue weighted by Crippen LogP contribution is 2.59. The fraction of sp³-hybridized carbons (Fsp3) is 0.474. The summed E-state index contributed by atoms with van der Waals surface area (Å²) in [5.41, 5.74) is -0.172. The quantitative estimate of drug-likeness (QED) is 0.204. The number of anilines is 1. The molecule has 262 valence electrons. The van der Waals surface area contributed by atoms with Crippen molar-refractivity contribution in [2.24, 2.45) is 11.8 Å². The van der Waals surface area contributed by atoms with Crippen LogP contribution < -0.4 is 4.90 Å². The number of ether oxygens (including phenoxy) is 2. The van der Waals surface area contributed by atoms with E-state index in [1.54, 1.807) is 48.4 Å². The van der Waals surface area contributed by atoms with E-state index in [4.69, 9.17) is 21.1 Å². The highest BCUT2D eigenvalue weighted by Gasteiger charge is 2.75. The summed E-state index contributed by atoms with van der Waals surface area (Å²) >= 11 is 6.56. The molecule has 3 saturated heterocycles. The number of halogens is 1. The standard InChI is InChI=1S/C38H46ClN3O7/c1-6-9-19-30(44)40(5)24(4)33(25-15-11-10-12-16-25)48-37(47)31-29-20-21-38(49-29)32(31)35(45)42(26(8-3)23-43)34(38)36(46)41(22-7-2)28-18-14-13-17-27(28)39/h6-7,10-18,24,26,29,31-34,43H,1-2,8-9,19-23H2,3-5H3/t24-,26+,29+,31-,32-,33+,34+,38-/m1/s1. The van der Waals surface area contributed by atoms with Gasteiger partial charge in [0.15, 0.2) is 0 Å². The molecule has 0 aliphatic carbocycles. The number of carbonyl (C=O) groups is 4. The first-order valence-electron chi connectivity index (χ1n) is 17.0. The van der Waals surface area contributed by atoms with E-state index in [0.29, 0.717) is 42.0 Å². The summed E-state index contributed by atoms with van der Waals surface area (Å²) in [4.78, 5) is 61.2. The average molecular weight is 692 g/mol. The van der Waals surface area contributed by atoms with Gasteiger partial charge in [0.05, 0.1) is 47.3 Å². The van der Waals surface area contributed by atoms with Crippen LogP contribution in [-0.4, -0.2) is 88.6 Å². The van der Waals surface area contributed by atoms with E-state index >= 15 is 0 Å². The Kier molecular flexibility index (Phi) is 11.3. The number of hydrogen-bond donors (Lipinski definition) is 1. The van der Waals surface area contributed by atoms with Gasteiger partial charge in [-0.15, -0.1) is 13.2 Å². The SMILES string of the molecule is C=CCCC(=O)N(C)[C@H](C)[C@H](OC(=O)[C@@H]1[C@@H]2CC[C@]3(O2)[C@H](C(=O)N(CC=C)c2ccccc2Cl)N([C@@H](CC)CO)C(=O)[C@@H]13)c1ccccc1. The van der Waals surface area contributed by atoms with Crippen molar-refractivity contribution in [1.29, 1.82) is 0 Å². The van der Waals surface area contributed by atoms with E-state index in [9.17, 15) is 24.3 Å². The summed E-state index contributed by atoms with van der Waals surface area (Å²) < 4.78 is 12.9. The second kappa shape index (κ2) is 15.3. The first kappa shape index (κ1) is 36.3. The van der Waals surface area contributed by atoms with Gasteiger partial charge in [-0.3, -0.25) is 19.2 Å². The Bertz CT molecular complexity index is 1570. The molecule has 2 aromatic rings. The maximum Gasteiger partial charge on any atom is 0.313 e. The summed E-state index contributed by atoms with van der Waals surface area (Å²) in [7, 11) is 1.68. The van der Waals surface area contributed by atoms with E-state index in [2.05, 4.69) is 13.2 Å². The predicted molar refractivity (Wildman–Crippen MR) is 187 cm³/mol. The van der Waals surface area contributed by atoms with Crippen molar-refractivity contribution >= 4 is 41.0 Å². The van der Waals surface area contributed by atoms with Crippen LogP contribution in [0.2, 0.25) is 5.02 Å². The molecule has 49 heavy (non-hydrogen) atoms. The molecule has 2 bridgehead atoms. The maximum absolute atomic E-state index is 14.8. The van der Waals surface area contributed by atoms with Crippen LogP contribution in [0, 0.1) is 11.8 Å². The Labute approximate surface area is 293 Å². The average Bonchev–Trinajstić information content (AvgIpc) is 3.76. The van der Waals surface area contributed by atoms with Crippen molar-refractivity contribution in [3.05, 3.63) is 90.5 Å². The number of hydrogen-bond acceptors (Lipinski definition) is 7. The fourth-order valence-electron chi connectivity index (χ4n) is 7.82. The number of para-hydroxylation sites is 1. The number of amides is 3. The Morgan fingerprint density at radius 3 is 2.47 bits per heavy atom. The minimum atomic E-state index is -1.32. The second-order valence-corrected chi connectivity index (χ2v) is 13.5. The molecule has 10 nitrogen and oxygen atoms in total. The molecular formula is C38H46ClN3O7. The van der Waals surface area contributed by atoms with Crippen LogP contribution >= 0.6 is 11.6 Å². The minimum absolute atomic E-state index is 0.113. The monoisotopic (exact) mass is 691 g/mol. The van der Waals surface area contributed by atoms with Gasteiger partial charge in [-0.05, 0) is 50.3 Å². The third-order valence-corrected chi connectivity index (χ3v) is 10.7. The molecule has 3 heterocycles. The van der Waals surface area contributed by atoms with E-state index in [1.807, 2.05) is 44.2 Å². The molecule has 11 heteroatoms. The molecule has 0 saturated carbocycles. The lowest BCUT2D eigenvalue weighted by atomic mass is 9.70. The van der Waals surface area contributed by atoms with Crippen molar-refractivity contribution in [2.75, 3.05) is 25.1 Å². The normalized spacial score (nSPS) is 25.7. The third kappa shape index (κ3) is 6.54. The number of aliphatic hydroxyl groups excluding tert-OH is 1. The second-order valence-electron chi connectivity index (χ2n) is 13.1.